The Labute approximate surface area is 92.0 Å². The molecule has 82 valence electrons. The molecule has 2 aromatic rings. The zero-order valence-electron chi connectivity index (χ0n) is 8.42. The number of amides is 1. The van der Waals surface area contributed by atoms with Crippen LogP contribution in [0.1, 0.15) is 16.1 Å². The molecular weight excluding hydrogens is 208 g/mol. The number of hydrogen-bond donors (Lipinski definition) is 1. The van der Waals surface area contributed by atoms with Crippen molar-refractivity contribution >= 4 is 5.91 Å². The fourth-order valence-electron chi connectivity index (χ4n) is 1.14. The summed E-state index contributed by atoms with van der Waals surface area (Å²) in [6.07, 6.45) is 1.33. The van der Waals surface area contributed by atoms with E-state index >= 15 is 0 Å². The predicted molar refractivity (Wildman–Crippen MR) is 55.2 cm³/mol. The number of nitrogens with zero attached hydrogens (tertiary/aromatic N) is 1. The summed E-state index contributed by atoms with van der Waals surface area (Å²) in [5.74, 6) is -0.426. The Morgan fingerprint density at radius 3 is 2.81 bits per heavy atom. The molecule has 0 spiro atoms. The highest BCUT2D eigenvalue weighted by Gasteiger charge is 2.07. The third-order valence-corrected chi connectivity index (χ3v) is 1.92. The summed E-state index contributed by atoms with van der Waals surface area (Å²) in [6.45, 7) is 0.310. The topological polar surface area (TPSA) is 64.4 Å². The second kappa shape index (κ2) is 5.09. The number of nitrogens with one attached hydrogen (secondary N) is 1. The number of aromatic nitrogens is 1. The Bertz CT molecular complexity index is 440. The zero-order chi connectivity index (χ0) is 11.2. The molecule has 0 saturated heterocycles. The fraction of sp³-hybridized carbons (Fsp3) is 0.0909. The van der Waals surface area contributed by atoms with Gasteiger partial charge in [0.1, 0.15) is 6.26 Å². The van der Waals surface area contributed by atoms with Crippen molar-refractivity contribution in [2.75, 3.05) is 0 Å². The van der Waals surface area contributed by atoms with E-state index in [0.717, 1.165) is 5.56 Å². The Hall–Kier alpha value is -2.14. The third kappa shape index (κ3) is 2.68. The fourth-order valence-corrected chi connectivity index (χ4v) is 1.14. The molecule has 1 amide bonds. The first-order valence-electron chi connectivity index (χ1n) is 4.73. The maximum absolute atomic E-state index is 11.3. The molecule has 0 unspecified atom stereocenters. The lowest BCUT2D eigenvalue weighted by molar-refractivity contribution is 0.0226. The molecule has 1 N–H and O–H groups in total. The van der Waals surface area contributed by atoms with E-state index in [4.69, 9.17) is 4.84 Å². The molecule has 5 nitrogen and oxygen atoms in total. The largest absolute Gasteiger partial charge is 0.364 e. The van der Waals surface area contributed by atoms with Gasteiger partial charge in [-0.2, -0.15) is 0 Å². The molecular formula is C11H10N2O3. The van der Waals surface area contributed by atoms with E-state index in [1.165, 1.54) is 12.3 Å². The van der Waals surface area contributed by atoms with Gasteiger partial charge < -0.3 is 4.52 Å². The monoisotopic (exact) mass is 218 g/mol. The summed E-state index contributed by atoms with van der Waals surface area (Å²) in [4.78, 5) is 16.4. The Balaban J connectivity index is 1.79. The number of hydrogen-bond acceptors (Lipinski definition) is 4. The van der Waals surface area contributed by atoms with E-state index in [0.29, 0.717) is 6.61 Å². The number of rotatable bonds is 4. The van der Waals surface area contributed by atoms with Gasteiger partial charge in [0, 0.05) is 6.07 Å². The van der Waals surface area contributed by atoms with Crippen molar-refractivity contribution in [3.8, 4) is 0 Å². The molecule has 5 heteroatoms. The van der Waals surface area contributed by atoms with Gasteiger partial charge in [0.15, 0.2) is 5.69 Å². The van der Waals surface area contributed by atoms with Crippen LogP contribution in [-0.4, -0.2) is 11.1 Å². The van der Waals surface area contributed by atoms with Crippen LogP contribution in [0.25, 0.3) is 0 Å². The second-order valence-corrected chi connectivity index (χ2v) is 3.09. The van der Waals surface area contributed by atoms with Crippen molar-refractivity contribution in [2.45, 2.75) is 6.61 Å². The van der Waals surface area contributed by atoms with Crippen LogP contribution in [0.3, 0.4) is 0 Å². The molecule has 1 aromatic heterocycles. The summed E-state index contributed by atoms with van der Waals surface area (Å²) < 4.78 is 4.53. The van der Waals surface area contributed by atoms with Crippen LogP contribution in [0.2, 0.25) is 0 Å². The first-order valence-corrected chi connectivity index (χ1v) is 4.73. The Kier molecular flexibility index (Phi) is 3.30. The second-order valence-electron chi connectivity index (χ2n) is 3.09. The molecule has 0 fully saturated rings. The van der Waals surface area contributed by atoms with Crippen LogP contribution in [-0.2, 0) is 11.4 Å². The third-order valence-electron chi connectivity index (χ3n) is 1.92. The van der Waals surface area contributed by atoms with Gasteiger partial charge >= 0.3 is 0 Å². The van der Waals surface area contributed by atoms with Crippen LogP contribution in [0, 0.1) is 0 Å². The van der Waals surface area contributed by atoms with E-state index in [1.807, 2.05) is 30.3 Å². The van der Waals surface area contributed by atoms with Gasteiger partial charge in [-0.15, -0.1) is 0 Å². The number of benzene rings is 1. The lowest BCUT2D eigenvalue weighted by Gasteiger charge is -2.03. The molecule has 1 aromatic carbocycles. The molecule has 0 aliphatic rings. The molecule has 0 aliphatic heterocycles. The first kappa shape index (κ1) is 10.4. The van der Waals surface area contributed by atoms with Crippen molar-refractivity contribution in [1.29, 1.82) is 0 Å². The lowest BCUT2D eigenvalue weighted by atomic mass is 10.2. The van der Waals surface area contributed by atoms with Crippen molar-refractivity contribution in [1.82, 2.24) is 10.6 Å². The normalized spacial score (nSPS) is 10.0. The minimum Gasteiger partial charge on any atom is -0.364 e. The summed E-state index contributed by atoms with van der Waals surface area (Å²) in [7, 11) is 0. The van der Waals surface area contributed by atoms with Crippen molar-refractivity contribution < 1.29 is 14.2 Å². The van der Waals surface area contributed by atoms with Crippen LogP contribution >= 0.6 is 0 Å². The Morgan fingerprint density at radius 1 is 1.31 bits per heavy atom. The number of carbonyl (C=O) groups excluding carboxylic acids is 1. The molecule has 0 radical (unpaired) electrons. The predicted octanol–water partition coefficient (Wildman–Crippen LogP) is 1.54. The highest BCUT2D eigenvalue weighted by Crippen LogP contribution is 2.00. The lowest BCUT2D eigenvalue weighted by Crippen LogP contribution is -2.23. The molecule has 16 heavy (non-hydrogen) atoms. The molecule has 0 saturated carbocycles. The van der Waals surface area contributed by atoms with Crippen LogP contribution in [0.5, 0.6) is 0 Å². The molecule has 2 rings (SSSR count). The molecule has 1 heterocycles. The van der Waals surface area contributed by atoms with Gasteiger partial charge in [-0.1, -0.05) is 35.5 Å². The minimum absolute atomic E-state index is 0.188. The summed E-state index contributed by atoms with van der Waals surface area (Å²) in [5.41, 5.74) is 3.44. The van der Waals surface area contributed by atoms with E-state index in [2.05, 4.69) is 15.2 Å². The molecule has 0 aliphatic carbocycles. The van der Waals surface area contributed by atoms with Gasteiger partial charge in [-0.05, 0) is 5.56 Å². The van der Waals surface area contributed by atoms with Gasteiger partial charge in [-0.25, -0.2) is 5.48 Å². The van der Waals surface area contributed by atoms with E-state index in [-0.39, 0.29) is 5.69 Å². The van der Waals surface area contributed by atoms with Crippen LogP contribution in [0.4, 0.5) is 0 Å². The summed E-state index contributed by atoms with van der Waals surface area (Å²) in [5, 5.41) is 3.47. The van der Waals surface area contributed by atoms with Crippen molar-refractivity contribution in [2.24, 2.45) is 0 Å². The van der Waals surface area contributed by atoms with Gasteiger partial charge in [0.05, 0.1) is 6.61 Å². The van der Waals surface area contributed by atoms with E-state index in [9.17, 15) is 4.79 Å². The van der Waals surface area contributed by atoms with E-state index < -0.39 is 5.91 Å². The van der Waals surface area contributed by atoms with Crippen LogP contribution in [0.15, 0.2) is 47.2 Å². The maximum Gasteiger partial charge on any atom is 0.297 e. The average Bonchev–Trinajstić information content (AvgIpc) is 2.84. The van der Waals surface area contributed by atoms with Gasteiger partial charge in [0.25, 0.3) is 5.91 Å². The highest BCUT2D eigenvalue weighted by molar-refractivity contribution is 5.91. The number of hydroxylamine groups is 1. The minimum atomic E-state index is -0.426. The maximum atomic E-state index is 11.3. The van der Waals surface area contributed by atoms with Gasteiger partial charge in [-0.3, -0.25) is 9.63 Å². The zero-order valence-corrected chi connectivity index (χ0v) is 8.42. The number of carbonyl (C=O) groups is 1. The SMILES string of the molecule is O=C(NOCc1ccccc1)c1ccon1. The van der Waals surface area contributed by atoms with Gasteiger partial charge in [0.2, 0.25) is 0 Å². The van der Waals surface area contributed by atoms with Crippen molar-refractivity contribution in [3.63, 3.8) is 0 Å². The first-order chi connectivity index (χ1) is 7.86. The molecule has 0 atom stereocenters. The Morgan fingerprint density at radius 2 is 2.12 bits per heavy atom. The highest BCUT2D eigenvalue weighted by atomic mass is 16.6. The standard InChI is InChI=1S/C11H10N2O3/c14-11(10-6-7-15-12-10)13-16-8-9-4-2-1-3-5-9/h1-7H,8H2,(H,13,14). The summed E-state index contributed by atoms with van der Waals surface area (Å²) >= 11 is 0. The molecule has 0 bridgehead atoms. The summed E-state index contributed by atoms with van der Waals surface area (Å²) in [6, 6.07) is 11.0. The van der Waals surface area contributed by atoms with Crippen molar-refractivity contribution in [3.05, 3.63) is 53.9 Å². The quantitative estimate of drug-likeness (QED) is 0.790. The average molecular weight is 218 g/mol. The smallest absolute Gasteiger partial charge is 0.297 e. The van der Waals surface area contributed by atoms with Crippen LogP contribution < -0.4 is 5.48 Å². The van der Waals surface area contributed by atoms with E-state index in [1.54, 1.807) is 0 Å².